The summed E-state index contributed by atoms with van der Waals surface area (Å²) in [4.78, 5) is 28.4. The Kier molecular flexibility index (Phi) is 6.66. The lowest BCUT2D eigenvalue weighted by atomic mass is 10.2. The van der Waals surface area contributed by atoms with Crippen molar-refractivity contribution in [3.8, 4) is 0 Å². The summed E-state index contributed by atoms with van der Waals surface area (Å²) in [5, 5.41) is 2.88. The van der Waals surface area contributed by atoms with Crippen molar-refractivity contribution in [2.24, 2.45) is 0 Å². The van der Waals surface area contributed by atoms with Crippen LogP contribution in [0.15, 0.2) is 48.5 Å². The number of methoxy groups -OCH3 is 1. The number of carbonyl (C=O) groups is 2. The number of ether oxygens (including phenoxy) is 1. The molecule has 28 heavy (non-hydrogen) atoms. The van der Waals surface area contributed by atoms with Gasteiger partial charge in [0, 0.05) is 50.5 Å². The van der Waals surface area contributed by atoms with E-state index >= 15 is 0 Å². The number of hydrogen-bond acceptors (Lipinski definition) is 5. The molecule has 1 heterocycles. The van der Waals surface area contributed by atoms with Crippen molar-refractivity contribution < 1.29 is 14.3 Å². The molecule has 3 rings (SSSR count). The molecule has 1 N–H and O–H groups in total. The van der Waals surface area contributed by atoms with Crippen molar-refractivity contribution >= 4 is 23.3 Å². The third-order valence-electron chi connectivity index (χ3n) is 4.98. The molecule has 6 nitrogen and oxygen atoms in total. The second-order valence-corrected chi connectivity index (χ2v) is 7.03. The number of anilines is 2. The van der Waals surface area contributed by atoms with Gasteiger partial charge < -0.3 is 15.0 Å². The van der Waals surface area contributed by atoms with Gasteiger partial charge in [-0.05, 0) is 48.9 Å². The minimum absolute atomic E-state index is 0.0214. The Balaban J connectivity index is 1.41. The van der Waals surface area contributed by atoms with E-state index in [4.69, 9.17) is 0 Å². The van der Waals surface area contributed by atoms with Crippen LogP contribution in [0.25, 0.3) is 0 Å². The molecule has 0 atom stereocenters. The molecule has 0 aliphatic carbocycles. The summed E-state index contributed by atoms with van der Waals surface area (Å²) < 4.78 is 4.67. The Labute approximate surface area is 166 Å². The van der Waals surface area contributed by atoms with Crippen LogP contribution in [0.3, 0.4) is 0 Å². The summed E-state index contributed by atoms with van der Waals surface area (Å²) in [6.07, 6.45) is 0.448. The van der Waals surface area contributed by atoms with E-state index in [1.54, 1.807) is 24.3 Å². The van der Waals surface area contributed by atoms with Crippen molar-refractivity contribution in [3.05, 3.63) is 59.7 Å². The topological polar surface area (TPSA) is 61.9 Å². The van der Waals surface area contributed by atoms with Crippen LogP contribution in [0.4, 0.5) is 11.4 Å². The fraction of sp³-hybridized carbons (Fsp3) is 0.364. The summed E-state index contributed by atoms with van der Waals surface area (Å²) in [7, 11) is 1.35. The average molecular weight is 381 g/mol. The number of piperazine rings is 1. The molecule has 2 aromatic carbocycles. The summed E-state index contributed by atoms with van der Waals surface area (Å²) in [6, 6.07) is 15.3. The molecule has 0 radical (unpaired) electrons. The Bertz CT molecular complexity index is 812. The quantitative estimate of drug-likeness (QED) is 0.780. The number of amides is 1. The summed E-state index contributed by atoms with van der Waals surface area (Å²) in [6.45, 7) is 6.71. The summed E-state index contributed by atoms with van der Waals surface area (Å²) in [5.74, 6) is -0.408. The lowest BCUT2D eigenvalue weighted by Crippen LogP contribution is -2.47. The van der Waals surface area contributed by atoms with Gasteiger partial charge in [-0.15, -0.1) is 0 Å². The minimum Gasteiger partial charge on any atom is -0.465 e. The number of nitrogens with one attached hydrogen (secondary N) is 1. The number of aryl methyl sites for hydroxylation is 1. The zero-order chi connectivity index (χ0) is 19.9. The highest BCUT2D eigenvalue weighted by atomic mass is 16.5. The van der Waals surface area contributed by atoms with Gasteiger partial charge in [-0.25, -0.2) is 4.79 Å². The number of hydrogen-bond donors (Lipinski definition) is 1. The van der Waals surface area contributed by atoms with E-state index in [1.165, 1.54) is 18.4 Å². The molecule has 1 aliphatic rings. The first kappa shape index (κ1) is 19.9. The van der Waals surface area contributed by atoms with Crippen molar-refractivity contribution in [3.63, 3.8) is 0 Å². The highest BCUT2D eigenvalue weighted by molar-refractivity contribution is 5.93. The van der Waals surface area contributed by atoms with Crippen LogP contribution in [0.5, 0.6) is 0 Å². The normalized spacial score (nSPS) is 14.6. The van der Waals surface area contributed by atoms with Crippen LogP contribution < -0.4 is 10.2 Å². The maximum Gasteiger partial charge on any atom is 0.337 e. The summed E-state index contributed by atoms with van der Waals surface area (Å²) in [5.41, 5.74) is 3.69. The van der Waals surface area contributed by atoms with Gasteiger partial charge in [0.2, 0.25) is 5.91 Å². The first-order chi connectivity index (χ1) is 13.5. The first-order valence-electron chi connectivity index (χ1n) is 9.57. The van der Waals surface area contributed by atoms with E-state index in [0.717, 1.165) is 32.7 Å². The van der Waals surface area contributed by atoms with Gasteiger partial charge in [-0.1, -0.05) is 12.1 Å². The predicted octanol–water partition coefficient (Wildman–Crippen LogP) is 2.93. The predicted molar refractivity (Wildman–Crippen MR) is 111 cm³/mol. The molecular formula is C22H27N3O3. The third-order valence-corrected chi connectivity index (χ3v) is 4.98. The van der Waals surface area contributed by atoms with Gasteiger partial charge >= 0.3 is 5.97 Å². The Morgan fingerprint density at radius 1 is 1.04 bits per heavy atom. The van der Waals surface area contributed by atoms with Crippen molar-refractivity contribution in [1.29, 1.82) is 0 Å². The molecule has 148 valence electrons. The number of esters is 1. The Morgan fingerprint density at radius 3 is 2.39 bits per heavy atom. The Morgan fingerprint density at radius 2 is 1.75 bits per heavy atom. The fourth-order valence-electron chi connectivity index (χ4n) is 3.34. The Hall–Kier alpha value is -2.86. The van der Waals surface area contributed by atoms with E-state index in [-0.39, 0.29) is 11.9 Å². The molecule has 2 aromatic rings. The van der Waals surface area contributed by atoms with Gasteiger partial charge in [0.25, 0.3) is 0 Å². The van der Waals surface area contributed by atoms with Gasteiger partial charge in [-0.3, -0.25) is 9.69 Å². The largest absolute Gasteiger partial charge is 0.465 e. The van der Waals surface area contributed by atoms with E-state index in [0.29, 0.717) is 17.7 Å². The maximum absolute atomic E-state index is 12.2. The van der Waals surface area contributed by atoms with Crippen LogP contribution in [-0.4, -0.2) is 56.6 Å². The van der Waals surface area contributed by atoms with E-state index in [2.05, 4.69) is 51.0 Å². The number of rotatable bonds is 6. The standard InChI is InChI=1S/C22H27N3O3/c1-17-4-3-5-20(16-17)25-14-12-24(13-15-25)11-10-21(26)23-19-8-6-18(7-9-19)22(27)28-2/h3-9,16H,10-15H2,1-2H3,(H,23,26). The van der Waals surface area contributed by atoms with Crippen LogP contribution in [-0.2, 0) is 9.53 Å². The molecule has 0 bridgehead atoms. The van der Waals surface area contributed by atoms with Crippen molar-refractivity contribution in [2.45, 2.75) is 13.3 Å². The highest BCUT2D eigenvalue weighted by Gasteiger charge is 2.18. The second kappa shape index (κ2) is 9.37. The average Bonchev–Trinajstić information content (AvgIpc) is 2.72. The number of nitrogens with zero attached hydrogens (tertiary/aromatic N) is 2. The molecule has 0 saturated carbocycles. The van der Waals surface area contributed by atoms with E-state index < -0.39 is 0 Å². The summed E-state index contributed by atoms with van der Waals surface area (Å²) >= 11 is 0. The molecule has 0 spiro atoms. The van der Waals surface area contributed by atoms with Crippen molar-refractivity contribution in [2.75, 3.05) is 50.1 Å². The highest BCUT2D eigenvalue weighted by Crippen LogP contribution is 2.18. The van der Waals surface area contributed by atoms with E-state index in [1.807, 2.05) is 0 Å². The maximum atomic E-state index is 12.2. The van der Waals surface area contributed by atoms with Crippen LogP contribution in [0.2, 0.25) is 0 Å². The zero-order valence-electron chi connectivity index (χ0n) is 16.5. The first-order valence-corrected chi connectivity index (χ1v) is 9.57. The van der Waals surface area contributed by atoms with Gasteiger partial charge in [0.1, 0.15) is 0 Å². The smallest absolute Gasteiger partial charge is 0.337 e. The number of benzene rings is 2. The lowest BCUT2D eigenvalue weighted by molar-refractivity contribution is -0.116. The monoisotopic (exact) mass is 381 g/mol. The molecule has 1 fully saturated rings. The van der Waals surface area contributed by atoms with Gasteiger partial charge in [0.15, 0.2) is 0 Å². The SMILES string of the molecule is COC(=O)c1ccc(NC(=O)CCN2CCN(c3cccc(C)c3)CC2)cc1. The van der Waals surface area contributed by atoms with E-state index in [9.17, 15) is 9.59 Å². The zero-order valence-corrected chi connectivity index (χ0v) is 16.5. The van der Waals surface area contributed by atoms with Crippen LogP contribution in [0.1, 0.15) is 22.3 Å². The molecule has 1 amide bonds. The number of carbonyl (C=O) groups excluding carboxylic acids is 2. The molecule has 0 unspecified atom stereocenters. The second-order valence-electron chi connectivity index (χ2n) is 7.03. The molecule has 1 aliphatic heterocycles. The van der Waals surface area contributed by atoms with Crippen LogP contribution in [0, 0.1) is 6.92 Å². The van der Waals surface area contributed by atoms with Gasteiger partial charge in [0.05, 0.1) is 12.7 Å². The lowest BCUT2D eigenvalue weighted by Gasteiger charge is -2.36. The molecular weight excluding hydrogens is 354 g/mol. The van der Waals surface area contributed by atoms with Gasteiger partial charge in [-0.2, -0.15) is 0 Å². The molecule has 1 saturated heterocycles. The molecule has 0 aromatic heterocycles. The minimum atomic E-state index is -0.386. The fourth-order valence-corrected chi connectivity index (χ4v) is 3.34. The van der Waals surface area contributed by atoms with Crippen molar-refractivity contribution in [1.82, 2.24) is 4.90 Å². The molecule has 6 heteroatoms. The third kappa shape index (κ3) is 5.33. The van der Waals surface area contributed by atoms with Crippen LogP contribution >= 0.6 is 0 Å².